The van der Waals surface area contributed by atoms with Gasteiger partial charge in [0.2, 0.25) is 5.91 Å². The van der Waals surface area contributed by atoms with Gasteiger partial charge in [-0.1, -0.05) is 55.5 Å². The Balaban J connectivity index is 1.91. The first-order valence-electron chi connectivity index (χ1n) is 7.90. The first-order chi connectivity index (χ1) is 11.1. The van der Waals surface area contributed by atoms with E-state index in [0.717, 1.165) is 16.9 Å². The SMILES string of the molecule is CC(N)C(C)C(=O)NCCOc1ccccc1-c1ccccc1. The van der Waals surface area contributed by atoms with E-state index in [-0.39, 0.29) is 17.9 Å². The normalized spacial score (nSPS) is 13.2. The molecule has 1 amide bonds. The molecule has 0 saturated carbocycles. The molecule has 2 unspecified atom stereocenters. The zero-order valence-corrected chi connectivity index (χ0v) is 13.7. The largest absolute Gasteiger partial charge is 0.491 e. The van der Waals surface area contributed by atoms with Crippen LogP contribution in [-0.4, -0.2) is 25.1 Å². The lowest BCUT2D eigenvalue weighted by molar-refractivity contribution is -0.125. The van der Waals surface area contributed by atoms with Crippen LogP contribution >= 0.6 is 0 Å². The molecule has 0 fully saturated rings. The molecule has 23 heavy (non-hydrogen) atoms. The van der Waals surface area contributed by atoms with Crippen molar-refractivity contribution in [1.82, 2.24) is 5.32 Å². The molecule has 0 aliphatic rings. The molecule has 0 saturated heterocycles. The quantitative estimate of drug-likeness (QED) is 0.773. The topological polar surface area (TPSA) is 64.4 Å². The molecule has 0 radical (unpaired) electrons. The number of amides is 1. The Bertz CT molecular complexity index is 626. The third-order valence-corrected chi connectivity index (χ3v) is 3.83. The van der Waals surface area contributed by atoms with Gasteiger partial charge >= 0.3 is 0 Å². The number of hydrogen-bond acceptors (Lipinski definition) is 3. The molecule has 2 rings (SSSR count). The smallest absolute Gasteiger partial charge is 0.224 e. The lowest BCUT2D eigenvalue weighted by Gasteiger charge is -2.16. The summed E-state index contributed by atoms with van der Waals surface area (Å²) < 4.78 is 5.84. The van der Waals surface area contributed by atoms with Crippen LogP contribution in [0.3, 0.4) is 0 Å². The summed E-state index contributed by atoms with van der Waals surface area (Å²) in [5.41, 5.74) is 7.88. The lowest BCUT2D eigenvalue weighted by Crippen LogP contribution is -2.40. The van der Waals surface area contributed by atoms with Crippen LogP contribution in [-0.2, 0) is 4.79 Å². The van der Waals surface area contributed by atoms with Crippen LogP contribution in [0.1, 0.15) is 13.8 Å². The number of hydrogen-bond donors (Lipinski definition) is 2. The molecule has 4 heteroatoms. The Labute approximate surface area is 137 Å². The Kier molecular flexibility index (Phi) is 6.18. The molecular formula is C19H24N2O2. The third kappa shape index (κ3) is 4.83. The van der Waals surface area contributed by atoms with Gasteiger partial charge in [0, 0.05) is 17.5 Å². The van der Waals surface area contributed by atoms with Gasteiger partial charge in [0.25, 0.3) is 0 Å². The van der Waals surface area contributed by atoms with Crippen molar-refractivity contribution >= 4 is 5.91 Å². The van der Waals surface area contributed by atoms with E-state index in [2.05, 4.69) is 5.32 Å². The van der Waals surface area contributed by atoms with Gasteiger partial charge in [-0.2, -0.15) is 0 Å². The Morgan fingerprint density at radius 3 is 2.43 bits per heavy atom. The summed E-state index contributed by atoms with van der Waals surface area (Å²) in [6.07, 6.45) is 0. The van der Waals surface area contributed by atoms with Gasteiger partial charge in [0.15, 0.2) is 0 Å². The van der Waals surface area contributed by atoms with Crippen molar-refractivity contribution in [1.29, 1.82) is 0 Å². The van der Waals surface area contributed by atoms with Crippen molar-refractivity contribution in [3.8, 4) is 16.9 Å². The number of carbonyl (C=O) groups is 1. The van der Waals surface area contributed by atoms with Gasteiger partial charge in [0.05, 0.1) is 6.54 Å². The number of nitrogens with one attached hydrogen (secondary N) is 1. The van der Waals surface area contributed by atoms with E-state index >= 15 is 0 Å². The van der Waals surface area contributed by atoms with E-state index in [1.54, 1.807) is 0 Å². The second-order valence-electron chi connectivity index (χ2n) is 5.65. The van der Waals surface area contributed by atoms with Crippen LogP contribution in [0, 0.1) is 5.92 Å². The zero-order chi connectivity index (χ0) is 16.7. The summed E-state index contributed by atoms with van der Waals surface area (Å²) in [5.74, 6) is 0.569. The zero-order valence-electron chi connectivity index (χ0n) is 13.7. The Hall–Kier alpha value is -2.33. The van der Waals surface area contributed by atoms with Gasteiger partial charge < -0.3 is 15.8 Å². The number of para-hydroxylation sites is 1. The maximum Gasteiger partial charge on any atom is 0.224 e. The van der Waals surface area contributed by atoms with Gasteiger partial charge in [-0.25, -0.2) is 0 Å². The Morgan fingerprint density at radius 2 is 1.74 bits per heavy atom. The van der Waals surface area contributed by atoms with Crippen LogP contribution in [0.15, 0.2) is 54.6 Å². The van der Waals surface area contributed by atoms with Crippen molar-refractivity contribution < 1.29 is 9.53 Å². The summed E-state index contributed by atoms with van der Waals surface area (Å²) >= 11 is 0. The van der Waals surface area contributed by atoms with Crippen molar-refractivity contribution in [3.05, 3.63) is 54.6 Å². The number of ether oxygens (including phenoxy) is 1. The maximum absolute atomic E-state index is 11.8. The Morgan fingerprint density at radius 1 is 1.09 bits per heavy atom. The fourth-order valence-corrected chi connectivity index (χ4v) is 2.18. The summed E-state index contributed by atoms with van der Waals surface area (Å²) in [4.78, 5) is 11.8. The number of rotatable bonds is 7. The molecule has 0 aliphatic heterocycles. The van der Waals surface area contributed by atoms with Crippen LogP contribution < -0.4 is 15.8 Å². The van der Waals surface area contributed by atoms with Crippen LogP contribution in [0.25, 0.3) is 11.1 Å². The van der Waals surface area contributed by atoms with Gasteiger partial charge in [-0.3, -0.25) is 4.79 Å². The van der Waals surface area contributed by atoms with Crippen molar-refractivity contribution in [2.45, 2.75) is 19.9 Å². The highest BCUT2D eigenvalue weighted by Crippen LogP contribution is 2.29. The minimum atomic E-state index is -0.202. The van der Waals surface area contributed by atoms with E-state index in [0.29, 0.717) is 13.2 Å². The lowest BCUT2D eigenvalue weighted by atomic mass is 10.0. The van der Waals surface area contributed by atoms with Crippen molar-refractivity contribution in [3.63, 3.8) is 0 Å². The third-order valence-electron chi connectivity index (χ3n) is 3.83. The molecule has 0 heterocycles. The highest BCUT2D eigenvalue weighted by atomic mass is 16.5. The monoisotopic (exact) mass is 312 g/mol. The van der Waals surface area contributed by atoms with Gasteiger partial charge in [-0.05, 0) is 18.6 Å². The highest BCUT2D eigenvalue weighted by molar-refractivity contribution is 5.78. The average Bonchev–Trinajstić information content (AvgIpc) is 2.58. The van der Waals surface area contributed by atoms with E-state index in [9.17, 15) is 4.79 Å². The minimum Gasteiger partial charge on any atom is -0.491 e. The predicted octanol–water partition coefficient (Wildman–Crippen LogP) is 2.83. The average molecular weight is 312 g/mol. The molecule has 0 bridgehead atoms. The molecule has 3 N–H and O–H groups in total. The molecule has 4 nitrogen and oxygen atoms in total. The highest BCUT2D eigenvalue weighted by Gasteiger charge is 2.16. The molecule has 2 aromatic rings. The predicted molar refractivity (Wildman–Crippen MR) is 93.2 cm³/mol. The molecule has 0 aliphatic carbocycles. The van der Waals surface area contributed by atoms with E-state index in [1.165, 1.54) is 0 Å². The number of carbonyl (C=O) groups excluding carboxylic acids is 1. The molecule has 0 spiro atoms. The second-order valence-corrected chi connectivity index (χ2v) is 5.65. The standard InChI is InChI=1S/C19H24N2O2/c1-14(15(2)20)19(22)21-12-13-23-18-11-7-6-10-17(18)16-8-4-3-5-9-16/h3-11,14-15H,12-13,20H2,1-2H3,(H,21,22). The van der Waals surface area contributed by atoms with Crippen LogP contribution in [0.4, 0.5) is 0 Å². The van der Waals surface area contributed by atoms with Crippen LogP contribution in [0.2, 0.25) is 0 Å². The number of nitrogens with two attached hydrogens (primary N) is 1. The molecule has 122 valence electrons. The van der Waals surface area contributed by atoms with E-state index in [4.69, 9.17) is 10.5 Å². The van der Waals surface area contributed by atoms with Gasteiger partial charge in [-0.15, -0.1) is 0 Å². The fraction of sp³-hybridized carbons (Fsp3) is 0.316. The second kappa shape index (κ2) is 8.34. The number of benzene rings is 2. The summed E-state index contributed by atoms with van der Waals surface area (Å²) in [5, 5.41) is 2.85. The van der Waals surface area contributed by atoms with Gasteiger partial charge in [0.1, 0.15) is 12.4 Å². The maximum atomic E-state index is 11.8. The summed E-state index contributed by atoms with van der Waals surface area (Å²) in [6, 6.07) is 17.8. The van der Waals surface area contributed by atoms with Crippen LogP contribution in [0.5, 0.6) is 5.75 Å². The fourth-order valence-electron chi connectivity index (χ4n) is 2.18. The first-order valence-corrected chi connectivity index (χ1v) is 7.90. The first kappa shape index (κ1) is 17.0. The molecule has 2 aromatic carbocycles. The molecule has 2 atom stereocenters. The van der Waals surface area contributed by atoms with E-state index < -0.39 is 0 Å². The molecule has 0 aromatic heterocycles. The summed E-state index contributed by atoms with van der Waals surface area (Å²) in [6.45, 7) is 4.53. The molecular weight excluding hydrogens is 288 g/mol. The van der Waals surface area contributed by atoms with Crippen molar-refractivity contribution in [2.24, 2.45) is 11.7 Å². The summed E-state index contributed by atoms with van der Waals surface area (Å²) in [7, 11) is 0. The van der Waals surface area contributed by atoms with E-state index in [1.807, 2.05) is 68.4 Å². The van der Waals surface area contributed by atoms with Crippen molar-refractivity contribution in [2.75, 3.05) is 13.2 Å². The minimum absolute atomic E-state index is 0.0417.